The van der Waals surface area contributed by atoms with Crippen LogP contribution < -0.4 is 4.74 Å². The molecular formula is C20H11F3N2O2. The van der Waals surface area contributed by atoms with Gasteiger partial charge in [0.2, 0.25) is 0 Å². The molecule has 3 rings (SSSR count). The van der Waals surface area contributed by atoms with Gasteiger partial charge in [-0.25, -0.2) is 4.98 Å². The molecule has 0 unspecified atom stereocenters. The summed E-state index contributed by atoms with van der Waals surface area (Å²) in [6.45, 7) is 0. The van der Waals surface area contributed by atoms with Crippen LogP contribution in [0.3, 0.4) is 0 Å². The van der Waals surface area contributed by atoms with E-state index < -0.39 is 17.3 Å². The van der Waals surface area contributed by atoms with Gasteiger partial charge in [0, 0.05) is 5.56 Å². The van der Waals surface area contributed by atoms with Gasteiger partial charge in [0.25, 0.3) is 0 Å². The van der Waals surface area contributed by atoms with Crippen LogP contribution in [0.2, 0.25) is 0 Å². The Morgan fingerprint density at radius 3 is 2.33 bits per heavy atom. The standard InChI is InChI=1S/C20H11F3N2O2/c21-20(22,23)18-9-8-17(10-14(18)11-24)27-16-6-4-13(5-7-16)19-3-1-2-15(12-26)25-19/h1-10,12H. The molecule has 0 amide bonds. The van der Waals surface area contributed by atoms with Crippen LogP contribution >= 0.6 is 0 Å². The van der Waals surface area contributed by atoms with E-state index in [0.29, 0.717) is 23.4 Å². The van der Waals surface area contributed by atoms with Crippen molar-refractivity contribution in [3.63, 3.8) is 0 Å². The highest BCUT2D eigenvalue weighted by Crippen LogP contribution is 2.34. The van der Waals surface area contributed by atoms with Gasteiger partial charge in [0.15, 0.2) is 6.29 Å². The lowest BCUT2D eigenvalue weighted by Gasteiger charge is -2.11. The van der Waals surface area contributed by atoms with E-state index in [1.807, 2.05) is 0 Å². The zero-order valence-corrected chi connectivity index (χ0v) is 13.7. The molecule has 27 heavy (non-hydrogen) atoms. The highest BCUT2D eigenvalue weighted by Gasteiger charge is 2.33. The van der Waals surface area contributed by atoms with Crippen LogP contribution in [-0.4, -0.2) is 11.3 Å². The van der Waals surface area contributed by atoms with E-state index in [9.17, 15) is 18.0 Å². The fourth-order valence-corrected chi connectivity index (χ4v) is 2.43. The Hall–Kier alpha value is -3.66. The summed E-state index contributed by atoms with van der Waals surface area (Å²) >= 11 is 0. The van der Waals surface area contributed by atoms with Gasteiger partial charge in [-0.3, -0.25) is 4.79 Å². The second-order valence-electron chi connectivity index (χ2n) is 5.51. The minimum Gasteiger partial charge on any atom is -0.457 e. The van der Waals surface area contributed by atoms with Crippen molar-refractivity contribution in [2.45, 2.75) is 6.18 Å². The number of nitrogens with zero attached hydrogens (tertiary/aromatic N) is 2. The van der Waals surface area contributed by atoms with Crippen molar-refractivity contribution in [2.24, 2.45) is 0 Å². The van der Waals surface area contributed by atoms with Gasteiger partial charge in [-0.15, -0.1) is 0 Å². The van der Waals surface area contributed by atoms with Crippen molar-refractivity contribution in [2.75, 3.05) is 0 Å². The van der Waals surface area contributed by atoms with Gasteiger partial charge in [-0.05, 0) is 54.6 Å². The number of aromatic nitrogens is 1. The van der Waals surface area contributed by atoms with E-state index in [1.54, 1.807) is 42.5 Å². The van der Waals surface area contributed by atoms with Crippen molar-refractivity contribution in [1.29, 1.82) is 5.26 Å². The molecule has 0 spiro atoms. The fraction of sp³-hybridized carbons (Fsp3) is 0.0500. The van der Waals surface area contributed by atoms with Crippen molar-refractivity contribution < 1.29 is 22.7 Å². The number of nitriles is 1. The zero-order chi connectivity index (χ0) is 19.4. The van der Waals surface area contributed by atoms with Crippen LogP contribution in [0.25, 0.3) is 11.3 Å². The molecule has 0 bridgehead atoms. The minimum absolute atomic E-state index is 0.119. The maximum atomic E-state index is 12.8. The minimum atomic E-state index is -4.60. The number of alkyl halides is 3. The lowest BCUT2D eigenvalue weighted by atomic mass is 10.1. The monoisotopic (exact) mass is 368 g/mol. The van der Waals surface area contributed by atoms with Gasteiger partial charge >= 0.3 is 6.18 Å². The summed E-state index contributed by atoms with van der Waals surface area (Å²) in [4.78, 5) is 15.0. The average Bonchev–Trinajstić information content (AvgIpc) is 2.67. The van der Waals surface area contributed by atoms with Crippen LogP contribution in [0, 0.1) is 11.3 Å². The quantitative estimate of drug-likeness (QED) is 0.591. The van der Waals surface area contributed by atoms with Crippen LogP contribution in [0.5, 0.6) is 11.5 Å². The number of hydrogen-bond donors (Lipinski definition) is 0. The second kappa shape index (κ2) is 7.30. The highest BCUT2D eigenvalue weighted by molar-refractivity contribution is 5.73. The molecule has 1 aromatic heterocycles. The molecule has 4 nitrogen and oxygen atoms in total. The van der Waals surface area contributed by atoms with E-state index >= 15 is 0 Å². The third-order valence-electron chi connectivity index (χ3n) is 3.69. The first-order valence-electron chi connectivity index (χ1n) is 7.72. The third kappa shape index (κ3) is 4.12. The summed E-state index contributed by atoms with van der Waals surface area (Å²) in [7, 11) is 0. The molecule has 1 heterocycles. The lowest BCUT2D eigenvalue weighted by molar-refractivity contribution is -0.137. The average molecular weight is 368 g/mol. The molecule has 134 valence electrons. The summed E-state index contributed by atoms with van der Waals surface area (Å²) in [6, 6.07) is 16.3. The van der Waals surface area contributed by atoms with Gasteiger partial charge in [-0.1, -0.05) is 6.07 Å². The van der Waals surface area contributed by atoms with E-state index in [-0.39, 0.29) is 5.75 Å². The van der Waals surface area contributed by atoms with Crippen molar-refractivity contribution in [1.82, 2.24) is 4.98 Å². The summed E-state index contributed by atoms with van der Waals surface area (Å²) in [6.07, 6.45) is -3.95. The molecule has 0 aliphatic rings. The Morgan fingerprint density at radius 2 is 1.70 bits per heavy atom. The molecule has 0 saturated heterocycles. The maximum absolute atomic E-state index is 12.8. The molecular weight excluding hydrogens is 357 g/mol. The summed E-state index contributed by atoms with van der Waals surface area (Å²) in [5.74, 6) is 0.502. The van der Waals surface area contributed by atoms with E-state index in [2.05, 4.69) is 4.98 Å². The molecule has 0 radical (unpaired) electrons. The number of halogens is 3. The van der Waals surface area contributed by atoms with E-state index in [1.165, 1.54) is 6.07 Å². The van der Waals surface area contributed by atoms with Crippen molar-refractivity contribution >= 4 is 6.29 Å². The molecule has 0 atom stereocenters. The van der Waals surface area contributed by atoms with Gasteiger partial charge in [0.05, 0.1) is 22.9 Å². The van der Waals surface area contributed by atoms with Crippen LogP contribution in [-0.2, 0) is 6.18 Å². The SMILES string of the molecule is N#Cc1cc(Oc2ccc(-c3cccc(C=O)n3)cc2)ccc1C(F)(F)F. The first kappa shape index (κ1) is 18.1. The number of ether oxygens (including phenoxy) is 1. The number of hydrogen-bond acceptors (Lipinski definition) is 4. The van der Waals surface area contributed by atoms with Gasteiger partial charge in [0.1, 0.15) is 17.2 Å². The van der Waals surface area contributed by atoms with Gasteiger partial charge < -0.3 is 4.74 Å². The van der Waals surface area contributed by atoms with Crippen molar-refractivity contribution in [3.05, 3.63) is 77.5 Å². The molecule has 2 aromatic carbocycles. The van der Waals surface area contributed by atoms with Gasteiger partial charge in [-0.2, -0.15) is 18.4 Å². The zero-order valence-electron chi connectivity index (χ0n) is 13.7. The number of aldehydes is 1. The number of benzene rings is 2. The number of pyridine rings is 1. The predicted molar refractivity (Wildman–Crippen MR) is 91.3 cm³/mol. The van der Waals surface area contributed by atoms with E-state index in [4.69, 9.17) is 10.00 Å². The molecule has 0 saturated carbocycles. The largest absolute Gasteiger partial charge is 0.457 e. The molecule has 7 heteroatoms. The number of carbonyl (C=O) groups excluding carboxylic acids is 1. The molecule has 3 aromatic rings. The summed E-state index contributed by atoms with van der Waals surface area (Å²) in [5.41, 5.74) is 0.144. The lowest BCUT2D eigenvalue weighted by Crippen LogP contribution is -2.07. The predicted octanol–water partition coefficient (Wildman–Crippen LogP) is 5.24. The molecule has 0 N–H and O–H groups in total. The molecule has 0 fully saturated rings. The second-order valence-corrected chi connectivity index (χ2v) is 5.51. The Bertz CT molecular complexity index is 1020. The Balaban J connectivity index is 1.83. The Kier molecular flexibility index (Phi) is 4.90. The van der Waals surface area contributed by atoms with Crippen LogP contribution in [0.4, 0.5) is 13.2 Å². The Labute approximate surface area is 152 Å². The first-order valence-corrected chi connectivity index (χ1v) is 7.72. The Morgan fingerprint density at radius 1 is 1.00 bits per heavy atom. The summed E-state index contributed by atoms with van der Waals surface area (Å²) in [5, 5.41) is 8.94. The maximum Gasteiger partial charge on any atom is 0.417 e. The number of rotatable bonds is 4. The topological polar surface area (TPSA) is 63.0 Å². The molecule has 0 aliphatic carbocycles. The molecule has 0 aliphatic heterocycles. The third-order valence-corrected chi connectivity index (χ3v) is 3.69. The van der Waals surface area contributed by atoms with E-state index in [0.717, 1.165) is 23.8 Å². The summed E-state index contributed by atoms with van der Waals surface area (Å²) < 4.78 is 44.0. The van der Waals surface area contributed by atoms with Crippen LogP contribution in [0.1, 0.15) is 21.6 Å². The fourth-order valence-electron chi connectivity index (χ4n) is 2.43. The van der Waals surface area contributed by atoms with Crippen molar-refractivity contribution in [3.8, 4) is 28.8 Å². The number of carbonyl (C=O) groups is 1. The smallest absolute Gasteiger partial charge is 0.417 e. The normalized spacial score (nSPS) is 10.9. The first-order chi connectivity index (χ1) is 12.9. The van der Waals surface area contributed by atoms with Crippen LogP contribution in [0.15, 0.2) is 60.7 Å². The highest BCUT2D eigenvalue weighted by atomic mass is 19.4.